The van der Waals surface area contributed by atoms with Crippen molar-refractivity contribution in [3.8, 4) is 0 Å². The van der Waals surface area contributed by atoms with E-state index in [1.54, 1.807) is 11.3 Å². The van der Waals surface area contributed by atoms with E-state index in [2.05, 4.69) is 59.4 Å². The van der Waals surface area contributed by atoms with E-state index in [1.807, 2.05) is 11.3 Å². The van der Waals surface area contributed by atoms with Gasteiger partial charge in [0.1, 0.15) is 0 Å². The van der Waals surface area contributed by atoms with Gasteiger partial charge >= 0.3 is 0 Å². The summed E-state index contributed by atoms with van der Waals surface area (Å²) in [7, 11) is 0. The Morgan fingerprint density at radius 1 is 1.22 bits per heavy atom. The summed E-state index contributed by atoms with van der Waals surface area (Å²) in [6.07, 6.45) is 0. The molecular weight excluding hydrogens is 258 g/mol. The van der Waals surface area contributed by atoms with Crippen LogP contribution in [0.5, 0.6) is 0 Å². The Kier molecular flexibility index (Phi) is 3.46. The van der Waals surface area contributed by atoms with E-state index in [-0.39, 0.29) is 0 Å². The minimum Gasteiger partial charge on any atom is -0.305 e. The Bertz CT molecular complexity index is 592. The molecule has 3 aromatic rings. The molecule has 0 amide bonds. The van der Waals surface area contributed by atoms with Gasteiger partial charge in [-0.25, -0.2) is 0 Å². The molecule has 18 heavy (non-hydrogen) atoms. The number of hydrogen-bond acceptors (Lipinski definition) is 3. The molecule has 0 aliphatic heterocycles. The zero-order valence-corrected chi connectivity index (χ0v) is 11.9. The Morgan fingerprint density at radius 3 is 2.89 bits per heavy atom. The van der Waals surface area contributed by atoms with E-state index < -0.39 is 0 Å². The van der Waals surface area contributed by atoms with Crippen molar-refractivity contribution in [2.45, 2.75) is 19.5 Å². The lowest BCUT2D eigenvalue weighted by molar-refractivity contribution is 0.584. The van der Waals surface area contributed by atoms with Crippen LogP contribution in [0, 0.1) is 0 Å². The maximum atomic E-state index is 3.58. The number of fused-ring (bicyclic) bond motifs is 1. The first-order valence-corrected chi connectivity index (χ1v) is 7.82. The topological polar surface area (TPSA) is 12.0 Å². The molecule has 1 nitrogen and oxygen atoms in total. The van der Waals surface area contributed by atoms with Gasteiger partial charge in [-0.3, -0.25) is 0 Å². The van der Waals surface area contributed by atoms with Gasteiger partial charge in [0.25, 0.3) is 0 Å². The predicted molar refractivity (Wildman–Crippen MR) is 81.4 cm³/mol. The van der Waals surface area contributed by atoms with Gasteiger partial charge in [0.2, 0.25) is 0 Å². The molecule has 2 aromatic heterocycles. The average Bonchev–Trinajstić information content (AvgIpc) is 3.04. The van der Waals surface area contributed by atoms with Gasteiger partial charge in [0, 0.05) is 22.2 Å². The summed E-state index contributed by atoms with van der Waals surface area (Å²) in [5, 5.41) is 9.25. The highest BCUT2D eigenvalue weighted by Crippen LogP contribution is 2.29. The van der Waals surface area contributed by atoms with Crippen LogP contribution in [0.4, 0.5) is 0 Å². The second kappa shape index (κ2) is 5.22. The van der Waals surface area contributed by atoms with Gasteiger partial charge in [-0.1, -0.05) is 18.2 Å². The molecule has 0 radical (unpaired) electrons. The zero-order valence-electron chi connectivity index (χ0n) is 10.2. The molecule has 1 aromatic carbocycles. The van der Waals surface area contributed by atoms with Gasteiger partial charge in [0.05, 0.1) is 0 Å². The normalized spacial score (nSPS) is 12.9. The fourth-order valence-corrected chi connectivity index (χ4v) is 3.74. The smallest absolute Gasteiger partial charge is 0.0389 e. The second-order valence-corrected chi connectivity index (χ2v) is 6.32. The van der Waals surface area contributed by atoms with Crippen molar-refractivity contribution < 1.29 is 0 Å². The maximum absolute atomic E-state index is 3.58. The SMILES string of the molecule is CC(NCc1ccsc1)c1cc2ccccc2s1. The molecule has 0 saturated carbocycles. The molecule has 0 fully saturated rings. The highest BCUT2D eigenvalue weighted by Gasteiger charge is 2.08. The number of hydrogen-bond donors (Lipinski definition) is 1. The fourth-order valence-electron chi connectivity index (χ4n) is 1.98. The van der Waals surface area contributed by atoms with Crippen LogP contribution in [-0.4, -0.2) is 0 Å². The summed E-state index contributed by atoms with van der Waals surface area (Å²) >= 11 is 3.64. The van der Waals surface area contributed by atoms with E-state index in [9.17, 15) is 0 Å². The van der Waals surface area contributed by atoms with Gasteiger partial charge in [-0.05, 0) is 46.8 Å². The van der Waals surface area contributed by atoms with Crippen LogP contribution in [0.2, 0.25) is 0 Å². The van der Waals surface area contributed by atoms with Crippen LogP contribution in [0.1, 0.15) is 23.4 Å². The largest absolute Gasteiger partial charge is 0.305 e. The maximum Gasteiger partial charge on any atom is 0.0389 e. The number of nitrogens with one attached hydrogen (secondary N) is 1. The molecule has 1 N–H and O–H groups in total. The molecule has 3 heteroatoms. The van der Waals surface area contributed by atoms with Crippen molar-refractivity contribution in [1.82, 2.24) is 5.32 Å². The predicted octanol–water partition coefficient (Wildman–Crippen LogP) is 4.81. The molecule has 2 heterocycles. The summed E-state index contributed by atoms with van der Waals surface area (Å²) in [6.45, 7) is 3.18. The molecular formula is C15H15NS2. The summed E-state index contributed by atoms with van der Waals surface area (Å²) in [5.74, 6) is 0. The molecule has 0 aliphatic carbocycles. The van der Waals surface area contributed by atoms with Crippen LogP contribution >= 0.6 is 22.7 Å². The molecule has 1 atom stereocenters. The summed E-state index contributed by atoms with van der Waals surface area (Å²) in [4.78, 5) is 1.41. The average molecular weight is 273 g/mol. The first-order chi connectivity index (χ1) is 8.83. The van der Waals surface area contributed by atoms with Crippen molar-refractivity contribution >= 4 is 32.8 Å². The third-order valence-corrected chi connectivity index (χ3v) is 5.09. The van der Waals surface area contributed by atoms with E-state index in [1.165, 1.54) is 20.5 Å². The standard InChI is InChI=1S/C15H15NS2/c1-11(16-9-12-6-7-17-10-12)15-8-13-4-2-3-5-14(13)18-15/h2-8,10-11,16H,9H2,1H3. The van der Waals surface area contributed by atoms with Crippen molar-refractivity contribution in [2.24, 2.45) is 0 Å². The molecule has 1 unspecified atom stereocenters. The minimum absolute atomic E-state index is 0.405. The summed E-state index contributed by atoms with van der Waals surface area (Å²) in [6, 6.07) is 13.5. The minimum atomic E-state index is 0.405. The van der Waals surface area contributed by atoms with Gasteiger partial charge in [0.15, 0.2) is 0 Å². The third kappa shape index (κ3) is 2.48. The molecule has 92 valence electrons. The van der Waals surface area contributed by atoms with Gasteiger partial charge in [-0.2, -0.15) is 11.3 Å². The van der Waals surface area contributed by atoms with Crippen LogP contribution in [0.15, 0.2) is 47.2 Å². The number of benzene rings is 1. The van der Waals surface area contributed by atoms with E-state index in [4.69, 9.17) is 0 Å². The lowest BCUT2D eigenvalue weighted by Crippen LogP contribution is -2.16. The van der Waals surface area contributed by atoms with Crippen LogP contribution in [0.3, 0.4) is 0 Å². The van der Waals surface area contributed by atoms with Gasteiger partial charge < -0.3 is 5.32 Å². The quantitative estimate of drug-likeness (QED) is 0.719. The molecule has 0 saturated heterocycles. The lowest BCUT2D eigenvalue weighted by Gasteiger charge is -2.10. The zero-order chi connectivity index (χ0) is 12.4. The summed E-state index contributed by atoms with van der Waals surface area (Å²) in [5.41, 5.74) is 1.37. The van der Waals surface area contributed by atoms with Crippen molar-refractivity contribution in [3.63, 3.8) is 0 Å². The molecule has 0 spiro atoms. The van der Waals surface area contributed by atoms with Crippen LogP contribution in [0.25, 0.3) is 10.1 Å². The van der Waals surface area contributed by atoms with Crippen molar-refractivity contribution in [1.29, 1.82) is 0 Å². The Hall–Kier alpha value is -1.16. The van der Waals surface area contributed by atoms with Gasteiger partial charge in [-0.15, -0.1) is 11.3 Å². The Labute approximate surface area is 115 Å². The Morgan fingerprint density at radius 2 is 2.11 bits per heavy atom. The van der Waals surface area contributed by atoms with Crippen LogP contribution < -0.4 is 5.32 Å². The second-order valence-electron chi connectivity index (χ2n) is 4.42. The summed E-state index contributed by atoms with van der Waals surface area (Å²) < 4.78 is 1.37. The van der Waals surface area contributed by atoms with E-state index in [0.29, 0.717) is 6.04 Å². The lowest BCUT2D eigenvalue weighted by atomic mass is 10.2. The third-order valence-electron chi connectivity index (χ3n) is 3.06. The van der Waals surface area contributed by atoms with E-state index in [0.717, 1.165) is 6.54 Å². The highest BCUT2D eigenvalue weighted by atomic mass is 32.1. The number of rotatable bonds is 4. The molecule has 0 aliphatic rings. The van der Waals surface area contributed by atoms with Crippen LogP contribution in [-0.2, 0) is 6.54 Å². The van der Waals surface area contributed by atoms with Crippen molar-refractivity contribution in [3.05, 3.63) is 57.6 Å². The van der Waals surface area contributed by atoms with Crippen molar-refractivity contribution in [2.75, 3.05) is 0 Å². The highest BCUT2D eigenvalue weighted by molar-refractivity contribution is 7.19. The molecule has 3 rings (SSSR count). The number of thiophene rings is 2. The molecule has 0 bridgehead atoms. The monoisotopic (exact) mass is 273 g/mol. The fraction of sp³-hybridized carbons (Fsp3) is 0.200. The first-order valence-electron chi connectivity index (χ1n) is 6.06. The first kappa shape index (κ1) is 11.9. The Balaban J connectivity index is 1.73. The van der Waals surface area contributed by atoms with E-state index >= 15 is 0 Å².